The molecule has 10 heteroatoms. The summed E-state index contributed by atoms with van der Waals surface area (Å²) in [5.41, 5.74) is 0.790. The summed E-state index contributed by atoms with van der Waals surface area (Å²) in [5, 5.41) is 2.72. The molecule has 2 aromatic carbocycles. The van der Waals surface area contributed by atoms with Gasteiger partial charge in [-0.1, -0.05) is 11.6 Å². The van der Waals surface area contributed by atoms with Crippen molar-refractivity contribution in [2.45, 2.75) is 19.9 Å². The van der Waals surface area contributed by atoms with E-state index < -0.39 is 27.9 Å². The van der Waals surface area contributed by atoms with Gasteiger partial charge in [-0.05, 0) is 56.3 Å². The molecule has 2 rings (SSSR count). The van der Waals surface area contributed by atoms with E-state index in [1.54, 1.807) is 31.2 Å². The first-order valence-electron chi connectivity index (χ1n) is 8.99. The first-order chi connectivity index (χ1) is 14.1. The quantitative estimate of drug-likeness (QED) is 0.614. The number of hydrogen-bond donors (Lipinski definition) is 1. The Morgan fingerprint density at radius 1 is 1.17 bits per heavy atom. The molecule has 0 spiro atoms. The lowest BCUT2D eigenvalue weighted by atomic mass is 10.2. The fraction of sp³-hybridized carbons (Fsp3) is 0.300. The van der Waals surface area contributed by atoms with Gasteiger partial charge in [-0.15, -0.1) is 0 Å². The van der Waals surface area contributed by atoms with E-state index in [4.69, 9.17) is 21.1 Å². The highest BCUT2D eigenvalue weighted by Crippen LogP contribution is 2.27. The maximum Gasteiger partial charge on any atom is 0.338 e. The van der Waals surface area contributed by atoms with Crippen LogP contribution in [0.2, 0.25) is 5.02 Å². The number of rotatable bonds is 8. The molecule has 1 N–H and O–H groups in total. The molecule has 0 heterocycles. The van der Waals surface area contributed by atoms with E-state index in [0.29, 0.717) is 11.4 Å². The number of carbonyl (C=O) groups is 2. The van der Waals surface area contributed by atoms with E-state index in [-0.39, 0.29) is 22.9 Å². The van der Waals surface area contributed by atoms with Crippen LogP contribution in [0.25, 0.3) is 0 Å². The second-order valence-electron chi connectivity index (χ2n) is 6.34. The molecular weight excluding hydrogens is 432 g/mol. The van der Waals surface area contributed by atoms with Gasteiger partial charge in [0.05, 0.1) is 41.9 Å². The Morgan fingerprint density at radius 3 is 2.30 bits per heavy atom. The van der Waals surface area contributed by atoms with E-state index in [0.717, 1.165) is 10.6 Å². The van der Waals surface area contributed by atoms with Crippen LogP contribution in [0.4, 0.5) is 11.4 Å². The van der Waals surface area contributed by atoms with Gasteiger partial charge in [-0.25, -0.2) is 13.2 Å². The Morgan fingerprint density at radius 2 is 1.80 bits per heavy atom. The van der Waals surface area contributed by atoms with Gasteiger partial charge < -0.3 is 14.8 Å². The van der Waals surface area contributed by atoms with Crippen molar-refractivity contribution < 1.29 is 27.5 Å². The minimum atomic E-state index is -3.77. The third kappa shape index (κ3) is 5.64. The summed E-state index contributed by atoms with van der Waals surface area (Å²) in [6.45, 7) is 3.37. The molecule has 162 valence electrons. The zero-order chi connectivity index (χ0) is 22.5. The number of benzene rings is 2. The van der Waals surface area contributed by atoms with Crippen molar-refractivity contribution in [3.05, 3.63) is 53.1 Å². The maximum atomic E-state index is 12.8. The predicted octanol–water partition coefficient (Wildman–Crippen LogP) is 3.32. The van der Waals surface area contributed by atoms with E-state index in [2.05, 4.69) is 5.32 Å². The summed E-state index contributed by atoms with van der Waals surface area (Å²) in [4.78, 5) is 24.6. The highest BCUT2D eigenvalue weighted by atomic mass is 35.5. The number of ether oxygens (including phenoxy) is 2. The zero-order valence-corrected chi connectivity index (χ0v) is 18.6. The molecule has 0 aliphatic carbocycles. The molecular formula is C20H23ClN2O6S. The number of halogens is 1. The summed E-state index contributed by atoms with van der Waals surface area (Å²) in [7, 11) is -2.27. The molecule has 0 bridgehead atoms. The number of methoxy groups -OCH3 is 1. The number of nitrogens with zero attached hydrogens (tertiary/aromatic N) is 1. The van der Waals surface area contributed by atoms with Crippen LogP contribution in [0.15, 0.2) is 42.5 Å². The van der Waals surface area contributed by atoms with Crippen LogP contribution in [0.1, 0.15) is 24.2 Å². The van der Waals surface area contributed by atoms with Crippen LogP contribution in [0, 0.1) is 0 Å². The van der Waals surface area contributed by atoms with E-state index >= 15 is 0 Å². The molecule has 0 aliphatic heterocycles. The van der Waals surface area contributed by atoms with Crippen molar-refractivity contribution in [3.63, 3.8) is 0 Å². The van der Waals surface area contributed by atoms with Crippen LogP contribution in [-0.2, 0) is 19.6 Å². The van der Waals surface area contributed by atoms with Crippen molar-refractivity contribution in [2.24, 2.45) is 0 Å². The van der Waals surface area contributed by atoms with Gasteiger partial charge >= 0.3 is 5.97 Å². The van der Waals surface area contributed by atoms with Crippen LogP contribution >= 0.6 is 11.6 Å². The van der Waals surface area contributed by atoms with Crippen LogP contribution in [0.3, 0.4) is 0 Å². The molecule has 0 fully saturated rings. The SMILES string of the molecule is CCOC(=O)c1ccc(NC(=O)[C@H](C)N(c2ccc(OC)cc2)S(C)(=O)=O)c(Cl)c1. The third-order valence-electron chi connectivity index (χ3n) is 4.15. The number of esters is 1. The van der Waals surface area contributed by atoms with Gasteiger partial charge in [-0.2, -0.15) is 0 Å². The number of hydrogen-bond acceptors (Lipinski definition) is 6. The molecule has 0 aromatic heterocycles. The second kappa shape index (κ2) is 9.82. The predicted molar refractivity (Wildman–Crippen MR) is 116 cm³/mol. The summed E-state index contributed by atoms with van der Waals surface area (Å²) in [6, 6.07) is 9.51. The normalized spacial score (nSPS) is 12.0. The number of amides is 1. The smallest absolute Gasteiger partial charge is 0.338 e. The van der Waals surface area contributed by atoms with Gasteiger partial charge in [0, 0.05) is 0 Å². The molecule has 1 amide bonds. The Hall–Kier alpha value is -2.78. The zero-order valence-electron chi connectivity index (χ0n) is 17.0. The maximum absolute atomic E-state index is 12.8. The monoisotopic (exact) mass is 454 g/mol. The minimum absolute atomic E-state index is 0.122. The van der Waals surface area contributed by atoms with Crippen molar-refractivity contribution in [1.29, 1.82) is 0 Å². The molecule has 0 saturated carbocycles. The van der Waals surface area contributed by atoms with E-state index in [9.17, 15) is 18.0 Å². The highest BCUT2D eigenvalue weighted by Gasteiger charge is 2.29. The summed E-state index contributed by atoms with van der Waals surface area (Å²) in [6.07, 6.45) is 1.02. The van der Waals surface area contributed by atoms with Crippen LogP contribution in [-0.4, -0.2) is 46.3 Å². The van der Waals surface area contributed by atoms with Crippen LogP contribution in [0.5, 0.6) is 5.75 Å². The Labute approximate surface area is 180 Å². The number of carbonyl (C=O) groups excluding carboxylic acids is 2. The Bertz CT molecular complexity index is 1020. The largest absolute Gasteiger partial charge is 0.497 e. The fourth-order valence-electron chi connectivity index (χ4n) is 2.73. The van der Waals surface area contributed by atoms with Crippen molar-refractivity contribution in [2.75, 3.05) is 29.6 Å². The standard InChI is InChI=1S/C20H23ClN2O6S/c1-5-29-20(25)14-6-11-18(17(21)12-14)22-19(24)13(2)23(30(4,26)27)15-7-9-16(28-3)10-8-15/h6-13H,5H2,1-4H3,(H,22,24)/t13-/m0/s1. The second-order valence-corrected chi connectivity index (χ2v) is 8.60. The lowest BCUT2D eigenvalue weighted by Gasteiger charge is -2.28. The Balaban J connectivity index is 2.26. The summed E-state index contributed by atoms with van der Waals surface area (Å²) in [5.74, 6) is -0.576. The van der Waals surface area contributed by atoms with E-state index in [1.807, 2.05) is 0 Å². The molecule has 30 heavy (non-hydrogen) atoms. The van der Waals surface area contributed by atoms with Gasteiger partial charge in [0.2, 0.25) is 15.9 Å². The molecule has 1 atom stereocenters. The fourth-order valence-corrected chi connectivity index (χ4v) is 4.14. The van der Waals surface area contributed by atoms with Crippen LogP contribution < -0.4 is 14.4 Å². The summed E-state index contributed by atoms with van der Waals surface area (Å²) >= 11 is 6.17. The average Bonchev–Trinajstić information content (AvgIpc) is 2.69. The van der Waals surface area contributed by atoms with Crippen molar-refractivity contribution in [3.8, 4) is 5.75 Å². The molecule has 0 aliphatic rings. The highest BCUT2D eigenvalue weighted by molar-refractivity contribution is 7.92. The number of sulfonamides is 1. The van der Waals surface area contributed by atoms with Gasteiger partial charge in [0.1, 0.15) is 11.8 Å². The molecule has 2 aromatic rings. The lowest BCUT2D eigenvalue weighted by Crippen LogP contribution is -2.45. The van der Waals surface area contributed by atoms with Gasteiger partial charge in [0.15, 0.2) is 0 Å². The summed E-state index contributed by atoms with van der Waals surface area (Å²) < 4.78 is 35.7. The van der Waals surface area contributed by atoms with Gasteiger partial charge in [-0.3, -0.25) is 9.10 Å². The topological polar surface area (TPSA) is 102 Å². The number of anilines is 2. The average molecular weight is 455 g/mol. The molecule has 8 nitrogen and oxygen atoms in total. The van der Waals surface area contributed by atoms with Gasteiger partial charge in [0.25, 0.3) is 0 Å². The third-order valence-corrected chi connectivity index (χ3v) is 5.71. The molecule has 0 radical (unpaired) electrons. The first-order valence-corrected chi connectivity index (χ1v) is 11.2. The molecule has 0 unspecified atom stereocenters. The minimum Gasteiger partial charge on any atom is -0.497 e. The number of nitrogens with one attached hydrogen (secondary N) is 1. The lowest BCUT2D eigenvalue weighted by molar-refractivity contribution is -0.116. The van der Waals surface area contributed by atoms with E-state index in [1.165, 1.54) is 32.2 Å². The molecule has 0 saturated heterocycles. The van der Waals surface area contributed by atoms with Crippen molar-refractivity contribution >= 4 is 44.9 Å². The van der Waals surface area contributed by atoms with Crippen molar-refractivity contribution in [1.82, 2.24) is 0 Å². The first kappa shape index (κ1) is 23.5. The Kier molecular flexibility index (Phi) is 7.69.